The van der Waals surface area contributed by atoms with E-state index in [9.17, 15) is 10.2 Å². The number of phenols is 1. The molecular formula is C13H18O3S. The van der Waals surface area contributed by atoms with Gasteiger partial charge >= 0.3 is 0 Å². The van der Waals surface area contributed by atoms with Crippen LogP contribution >= 0.6 is 11.8 Å². The van der Waals surface area contributed by atoms with E-state index in [-0.39, 0.29) is 5.75 Å². The van der Waals surface area contributed by atoms with Crippen molar-refractivity contribution in [3.63, 3.8) is 0 Å². The molecule has 2 rings (SSSR count). The smallest absolute Gasteiger partial charge is 0.123 e. The summed E-state index contributed by atoms with van der Waals surface area (Å²) >= 11 is 1.95. The van der Waals surface area contributed by atoms with E-state index >= 15 is 0 Å². The standard InChI is InChI=1S/C13H18O3S/c14-11-2-1-3-12(8-11)16-9-13(15)10-4-6-17-7-5-10/h1-3,8,10,13-15H,4-7,9H2. The number of aliphatic hydroxyl groups is 1. The first-order valence-electron chi connectivity index (χ1n) is 5.93. The van der Waals surface area contributed by atoms with Gasteiger partial charge in [0, 0.05) is 6.07 Å². The van der Waals surface area contributed by atoms with Gasteiger partial charge in [0.05, 0.1) is 6.10 Å². The summed E-state index contributed by atoms with van der Waals surface area (Å²) in [5.41, 5.74) is 0. The van der Waals surface area contributed by atoms with Gasteiger partial charge in [0.15, 0.2) is 0 Å². The average molecular weight is 254 g/mol. The molecule has 0 aliphatic carbocycles. The lowest BCUT2D eigenvalue weighted by Crippen LogP contribution is -2.30. The second-order valence-electron chi connectivity index (χ2n) is 4.33. The lowest BCUT2D eigenvalue weighted by Gasteiger charge is -2.26. The molecule has 1 aliphatic heterocycles. The molecule has 1 atom stereocenters. The molecular weight excluding hydrogens is 236 g/mol. The summed E-state index contributed by atoms with van der Waals surface area (Å²) in [4.78, 5) is 0. The molecule has 1 heterocycles. The van der Waals surface area contributed by atoms with Crippen molar-refractivity contribution in [1.29, 1.82) is 0 Å². The second-order valence-corrected chi connectivity index (χ2v) is 5.55. The lowest BCUT2D eigenvalue weighted by atomic mass is 9.96. The Balaban J connectivity index is 1.80. The fourth-order valence-electron chi connectivity index (χ4n) is 1.99. The van der Waals surface area contributed by atoms with Crippen LogP contribution in [0.15, 0.2) is 24.3 Å². The summed E-state index contributed by atoms with van der Waals surface area (Å²) in [6.45, 7) is 0.304. The maximum atomic E-state index is 10.0. The molecule has 1 aromatic carbocycles. The zero-order valence-electron chi connectivity index (χ0n) is 9.71. The molecule has 3 nitrogen and oxygen atoms in total. The minimum Gasteiger partial charge on any atom is -0.508 e. The number of thioether (sulfide) groups is 1. The third-order valence-electron chi connectivity index (χ3n) is 3.05. The van der Waals surface area contributed by atoms with Crippen LogP contribution in [0, 0.1) is 5.92 Å². The summed E-state index contributed by atoms with van der Waals surface area (Å²) in [5.74, 6) is 3.41. The van der Waals surface area contributed by atoms with Gasteiger partial charge in [-0.25, -0.2) is 0 Å². The SMILES string of the molecule is Oc1cccc(OCC(O)C2CCSCC2)c1. The van der Waals surface area contributed by atoms with E-state index in [1.807, 2.05) is 11.8 Å². The minimum atomic E-state index is -0.404. The Morgan fingerprint density at radius 2 is 2.12 bits per heavy atom. The molecule has 1 fully saturated rings. The fourth-order valence-corrected chi connectivity index (χ4v) is 3.13. The van der Waals surface area contributed by atoms with Gasteiger partial charge in [0.25, 0.3) is 0 Å². The topological polar surface area (TPSA) is 49.7 Å². The molecule has 1 saturated heterocycles. The van der Waals surface area contributed by atoms with Crippen molar-refractivity contribution in [2.45, 2.75) is 18.9 Å². The summed E-state index contributed by atoms with van der Waals surface area (Å²) in [6, 6.07) is 6.67. The summed E-state index contributed by atoms with van der Waals surface area (Å²) in [5, 5.41) is 19.3. The maximum absolute atomic E-state index is 10.0. The molecule has 1 unspecified atom stereocenters. The van der Waals surface area contributed by atoms with E-state index in [4.69, 9.17) is 4.74 Å². The molecule has 0 radical (unpaired) electrons. The van der Waals surface area contributed by atoms with Gasteiger partial charge < -0.3 is 14.9 Å². The summed E-state index contributed by atoms with van der Waals surface area (Å²) < 4.78 is 5.49. The highest BCUT2D eigenvalue weighted by Crippen LogP contribution is 2.26. The normalized spacial score (nSPS) is 18.9. The molecule has 1 aliphatic rings. The first-order chi connectivity index (χ1) is 8.25. The van der Waals surface area contributed by atoms with Crippen molar-refractivity contribution in [3.05, 3.63) is 24.3 Å². The number of aliphatic hydroxyl groups excluding tert-OH is 1. The number of benzene rings is 1. The van der Waals surface area contributed by atoms with Gasteiger partial charge in [0.1, 0.15) is 18.1 Å². The van der Waals surface area contributed by atoms with Gasteiger partial charge in [-0.1, -0.05) is 6.07 Å². The van der Waals surface area contributed by atoms with Crippen LogP contribution in [0.3, 0.4) is 0 Å². The van der Waals surface area contributed by atoms with Crippen molar-refractivity contribution in [1.82, 2.24) is 0 Å². The average Bonchev–Trinajstić information content (AvgIpc) is 2.37. The Bertz CT molecular complexity index is 350. The molecule has 0 aromatic heterocycles. The maximum Gasteiger partial charge on any atom is 0.123 e. The zero-order chi connectivity index (χ0) is 12.1. The van der Waals surface area contributed by atoms with Crippen LogP contribution in [0.4, 0.5) is 0 Å². The Hall–Kier alpha value is -0.870. The van der Waals surface area contributed by atoms with Crippen LogP contribution in [0.5, 0.6) is 11.5 Å². The van der Waals surface area contributed by atoms with Crippen LogP contribution in [-0.4, -0.2) is 34.4 Å². The molecule has 2 N–H and O–H groups in total. The van der Waals surface area contributed by atoms with Crippen molar-refractivity contribution in [2.24, 2.45) is 5.92 Å². The molecule has 4 heteroatoms. The second kappa shape index (κ2) is 6.17. The van der Waals surface area contributed by atoms with Crippen molar-refractivity contribution in [3.8, 4) is 11.5 Å². The van der Waals surface area contributed by atoms with Crippen LogP contribution in [0.2, 0.25) is 0 Å². The van der Waals surface area contributed by atoms with Gasteiger partial charge in [-0.2, -0.15) is 11.8 Å². The van der Waals surface area contributed by atoms with Crippen molar-refractivity contribution in [2.75, 3.05) is 18.1 Å². The van der Waals surface area contributed by atoms with Gasteiger partial charge in [-0.3, -0.25) is 0 Å². The highest BCUT2D eigenvalue weighted by Gasteiger charge is 2.22. The summed E-state index contributed by atoms with van der Waals surface area (Å²) in [7, 11) is 0. The molecule has 0 spiro atoms. The highest BCUT2D eigenvalue weighted by atomic mass is 32.2. The number of rotatable bonds is 4. The predicted octanol–water partition coefficient (Wildman–Crippen LogP) is 2.28. The quantitative estimate of drug-likeness (QED) is 0.865. The number of hydrogen-bond acceptors (Lipinski definition) is 4. The van der Waals surface area contributed by atoms with Gasteiger partial charge in [-0.05, 0) is 42.4 Å². The van der Waals surface area contributed by atoms with Crippen molar-refractivity contribution < 1.29 is 14.9 Å². The fraction of sp³-hybridized carbons (Fsp3) is 0.538. The van der Waals surface area contributed by atoms with Crippen LogP contribution < -0.4 is 4.74 Å². The number of aromatic hydroxyl groups is 1. The Morgan fingerprint density at radius 3 is 2.82 bits per heavy atom. The zero-order valence-corrected chi connectivity index (χ0v) is 10.5. The predicted molar refractivity (Wildman–Crippen MR) is 69.7 cm³/mol. The van der Waals surface area contributed by atoms with E-state index in [0.29, 0.717) is 18.3 Å². The van der Waals surface area contributed by atoms with E-state index in [2.05, 4.69) is 0 Å². The summed E-state index contributed by atoms with van der Waals surface area (Å²) in [6.07, 6.45) is 1.73. The van der Waals surface area contributed by atoms with E-state index < -0.39 is 6.10 Å². The van der Waals surface area contributed by atoms with Gasteiger partial charge in [-0.15, -0.1) is 0 Å². The minimum absolute atomic E-state index is 0.186. The Labute approximate surface area is 106 Å². The van der Waals surface area contributed by atoms with E-state index in [0.717, 1.165) is 24.3 Å². The third kappa shape index (κ3) is 3.82. The van der Waals surface area contributed by atoms with Crippen LogP contribution in [0.25, 0.3) is 0 Å². The third-order valence-corrected chi connectivity index (χ3v) is 4.10. The number of phenolic OH excluding ortho intramolecular Hbond substituents is 1. The first kappa shape index (κ1) is 12.6. The molecule has 0 saturated carbocycles. The molecule has 0 amide bonds. The first-order valence-corrected chi connectivity index (χ1v) is 7.09. The van der Waals surface area contributed by atoms with E-state index in [1.54, 1.807) is 24.3 Å². The molecule has 1 aromatic rings. The molecule has 17 heavy (non-hydrogen) atoms. The number of ether oxygens (including phenoxy) is 1. The molecule has 0 bridgehead atoms. The lowest BCUT2D eigenvalue weighted by molar-refractivity contribution is 0.0534. The Kier molecular flexibility index (Phi) is 4.57. The largest absolute Gasteiger partial charge is 0.508 e. The van der Waals surface area contributed by atoms with Crippen LogP contribution in [-0.2, 0) is 0 Å². The number of hydrogen-bond donors (Lipinski definition) is 2. The van der Waals surface area contributed by atoms with E-state index in [1.165, 1.54) is 0 Å². The van der Waals surface area contributed by atoms with Gasteiger partial charge in [0.2, 0.25) is 0 Å². The monoisotopic (exact) mass is 254 g/mol. The van der Waals surface area contributed by atoms with Crippen molar-refractivity contribution >= 4 is 11.8 Å². The Morgan fingerprint density at radius 1 is 1.35 bits per heavy atom. The molecule has 94 valence electrons. The highest BCUT2D eigenvalue weighted by molar-refractivity contribution is 7.99. The van der Waals surface area contributed by atoms with Crippen LogP contribution in [0.1, 0.15) is 12.8 Å².